The summed E-state index contributed by atoms with van der Waals surface area (Å²) in [4.78, 5) is 39.9. The van der Waals surface area contributed by atoms with Gasteiger partial charge in [0.05, 0.1) is 35.3 Å². The third-order valence-corrected chi connectivity index (χ3v) is 9.77. The van der Waals surface area contributed by atoms with Crippen molar-refractivity contribution in [3.8, 4) is 0 Å². The third-order valence-electron chi connectivity index (χ3n) is 9.77. The van der Waals surface area contributed by atoms with Gasteiger partial charge in [0.15, 0.2) is 0 Å². The first-order valence-electron chi connectivity index (χ1n) is 16.8. The van der Waals surface area contributed by atoms with Gasteiger partial charge in [0.25, 0.3) is 5.91 Å². The van der Waals surface area contributed by atoms with Gasteiger partial charge in [0.2, 0.25) is 0 Å². The fourth-order valence-electron chi connectivity index (χ4n) is 6.68. The van der Waals surface area contributed by atoms with Gasteiger partial charge in [0.1, 0.15) is 11.4 Å². The first-order valence-corrected chi connectivity index (χ1v) is 16.8. The number of aryl methyl sites for hydroxylation is 2. The van der Waals surface area contributed by atoms with Crippen LogP contribution < -0.4 is 5.32 Å². The maximum Gasteiger partial charge on any atom is 0.354 e. The number of aromatic nitrogens is 4. The highest BCUT2D eigenvalue weighted by Crippen LogP contribution is 2.38. The van der Waals surface area contributed by atoms with Crippen molar-refractivity contribution < 1.29 is 19.4 Å². The lowest BCUT2D eigenvalue weighted by Crippen LogP contribution is -2.35. The molecule has 0 saturated carbocycles. The molecule has 0 aliphatic heterocycles. The van der Waals surface area contributed by atoms with E-state index in [9.17, 15) is 9.59 Å². The number of hydrogen-bond acceptors (Lipinski definition) is 6. The van der Waals surface area contributed by atoms with E-state index in [1.165, 1.54) is 29.7 Å². The van der Waals surface area contributed by atoms with Crippen LogP contribution in [0.25, 0.3) is 22.1 Å². The van der Waals surface area contributed by atoms with E-state index in [1.54, 1.807) is 19.1 Å². The Labute approximate surface area is 272 Å². The van der Waals surface area contributed by atoms with Gasteiger partial charge < -0.3 is 25.1 Å². The predicted octanol–water partition coefficient (Wildman–Crippen LogP) is 6.72. The Kier molecular flexibility index (Phi) is 9.64. The van der Waals surface area contributed by atoms with E-state index >= 15 is 0 Å². The van der Waals surface area contributed by atoms with Crippen molar-refractivity contribution in [2.75, 3.05) is 13.2 Å². The lowest BCUT2D eigenvalue weighted by atomic mass is 9.71. The molecule has 248 valence electrons. The number of nitrogens with zero attached hydrogens (tertiary/aromatic N) is 2. The number of H-pyrrole nitrogens is 2. The largest absolute Gasteiger partial charge is 0.461 e. The van der Waals surface area contributed by atoms with E-state index in [4.69, 9.17) is 19.8 Å². The fourth-order valence-corrected chi connectivity index (χ4v) is 6.68. The summed E-state index contributed by atoms with van der Waals surface area (Å²) in [6, 6.07) is 7.65. The van der Waals surface area contributed by atoms with Crippen LogP contribution in [0.3, 0.4) is 0 Å². The molecule has 3 atom stereocenters. The number of ether oxygens (including phenoxy) is 1. The quantitative estimate of drug-likeness (QED) is 0.181. The Morgan fingerprint density at radius 3 is 1.80 bits per heavy atom. The zero-order valence-corrected chi connectivity index (χ0v) is 28.8. The van der Waals surface area contributed by atoms with Crippen LogP contribution in [0.2, 0.25) is 0 Å². The van der Waals surface area contributed by atoms with Crippen molar-refractivity contribution in [1.82, 2.24) is 25.3 Å². The standard InChI is InChI=1S/C19H27N3O2.C18H24N2O2/c1-11(10-23)20-18(24)17-9-16-15(22-17)8-12-7-13(19(2,3)4)5-6-14(12)21-16;1-5-22-17(21)16-10-15-14(20-16)9-11-8-12(18(2,3)4)6-7-13(11)19-15/h8-9,11,13,22-23H,5-7,10H2,1-4H3,(H,20,24);9-10,12,20H,5-8H2,1-4H3/t11-,13?;/m0./s1. The summed E-state index contributed by atoms with van der Waals surface area (Å²) in [5.74, 6) is 0.817. The van der Waals surface area contributed by atoms with Gasteiger partial charge in [-0.3, -0.25) is 14.8 Å². The number of aromatic amines is 2. The molecule has 4 heterocycles. The van der Waals surface area contributed by atoms with Gasteiger partial charge in [-0.2, -0.15) is 0 Å². The topological polar surface area (TPSA) is 133 Å². The summed E-state index contributed by atoms with van der Waals surface area (Å²) in [5, 5.41) is 11.8. The number of nitrogens with one attached hydrogen (secondary N) is 3. The van der Waals surface area contributed by atoms with E-state index in [1.807, 2.05) is 6.92 Å². The number of aliphatic hydroxyl groups is 1. The minimum Gasteiger partial charge on any atom is -0.461 e. The molecule has 4 aromatic heterocycles. The number of carbonyl (C=O) groups excluding carboxylic acids is 2. The molecule has 0 radical (unpaired) electrons. The second-order valence-corrected chi connectivity index (χ2v) is 15.3. The van der Waals surface area contributed by atoms with E-state index in [0.29, 0.717) is 40.7 Å². The van der Waals surface area contributed by atoms with Crippen LogP contribution in [0, 0.1) is 22.7 Å². The van der Waals surface area contributed by atoms with Gasteiger partial charge in [-0.15, -0.1) is 0 Å². The van der Waals surface area contributed by atoms with Crippen molar-refractivity contribution in [2.24, 2.45) is 22.7 Å². The van der Waals surface area contributed by atoms with Crippen molar-refractivity contribution in [3.63, 3.8) is 0 Å². The molecule has 0 bridgehead atoms. The maximum atomic E-state index is 12.2. The highest BCUT2D eigenvalue weighted by Gasteiger charge is 2.31. The molecule has 4 N–H and O–H groups in total. The Bertz CT molecular complexity index is 1720. The molecule has 0 saturated heterocycles. The molecule has 6 rings (SSSR count). The van der Waals surface area contributed by atoms with E-state index in [2.05, 4.69) is 69.0 Å². The average Bonchev–Trinajstić information content (AvgIpc) is 3.61. The molecular formula is C37H51N5O4. The minimum absolute atomic E-state index is 0.0767. The first kappa shape index (κ1) is 33.6. The molecule has 2 aliphatic carbocycles. The number of amides is 1. The molecule has 0 spiro atoms. The molecule has 0 fully saturated rings. The van der Waals surface area contributed by atoms with E-state index < -0.39 is 0 Å². The molecule has 0 aromatic carbocycles. The van der Waals surface area contributed by atoms with Crippen LogP contribution in [0.4, 0.5) is 0 Å². The van der Waals surface area contributed by atoms with E-state index in [0.717, 1.165) is 53.4 Å². The first-order chi connectivity index (χ1) is 21.7. The van der Waals surface area contributed by atoms with Crippen LogP contribution in [0.1, 0.15) is 112 Å². The zero-order valence-electron chi connectivity index (χ0n) is 28.8. The molecule has 2 aliphatic rings. The molecule has 9 heteroatoms. The van der Waals surface area contributed by atoms with Gasteiger partial charge in [-0.25, -0.2) is 4.79 Å². The van der Waals surface area contributed by atoms with Crippen LogP contribution >= 0.6 is 0 Å². The molecule has 46 heavy (non-hydrogen) atoms. The molecule has 1 amide bonds. The molecular weight excluding hydrogens is 578 g/mol. The second kappa shape index (κ2) is 13.2. The van der Waals surface area contributed by atoms with E-state index in [-0.39, 0.29) is 24.5 Å². The summed E-state index contributed by atoms with van der Waals surface area (Å²) in [5.41, 5.74) is 10.1. The number of hydrogen-bond donors (Lipinski definition) is 4. The lowest BCUT2D eigenvalue weighted by molar-refractivity contribution is 0.0520. The summed E-state index contributed by atoms with van der Waals surface area (Å²) in [6.07, 6.45) is 6.49. The fraction of sp³-hybridized carbons (Fsp3) is 0.568. The molecule has 9 nitrogen and oxygen atoms in total. The smallest absolute Gasteiger partial charge is 0.354 e. The van der Waals surface area contributed by atoms with Crippen molar-refractivity contribution in [3.05, 3.63) is 58.2 Å². The number of carbonyl (C=O) groups is 2. The van der Waals surface area contributed by atoms with Crippen molar-refractivity contribution in [2.45, 2.75) is 100.0 Å². The normalized spacial score (nSPS) is 18.7. The number of fused-ring (bicyclic) bond motifs is 4. The lowest BCUT2D eigenvalue weighted by Gasteiger charge is -2.34. The monoisotopic (exact) mass is 629 g/mol. The summed E-state index contributed by atoms with van der Waals surface area (Å²) < 4.78 is 5.05. The van der Waals surface area contributed by atoms with Crippen LogP contribution in [0.5, 0.6) is 0 Å². The Balaban J connectivity index is 0.000000182. The van der Waals surface area contributed by atoms with Gasteiger partial charge >= 0.3 is 5.97 Å². The number of pyridine rings is 2. The summed E-state index contributed by atoms with van der Waals surface area (Å²) >= 11 is 0. The number of esters is 1. The Hall–Kier alpha value is -3.72. The second-order valence-electron chi connectivity index (χ2n) is 15.3. The average molecular weight is 630 g/mol. The summed E-state index contributed by atoms with van der Waals surface area (Å²) in [6.45, 7) is 17.7. The predicted molar refractivity (Wildman–Crippen MR) is 182 cm³/mol. The van der Waals surface area contributed by atoms with Crippen LogP contribution in [-0.4, -0.2) is 56.2 Å². The van der Waals surface area contributed by atoms with Crippen molar-refractivity contribution >= 4 is 33.9 Å². The highest BCUT2D eigenvalue weighted by molar-refractivity contribution is 5.97. The number of rotatable bonds is 5. The molecule has 4 aromatic rings. The summed E-state index contributed by atoms with van der Waals surface area (Å²) in [7, 11) is 0. The number of aliphatic hydroxyl groups excluding tert-OH is 1. The minimum atomic E-state index is -0.314. The van der Waals surface area contributed by atoms with Gasteiger partial charge in [-0.05, 0) is 110 Å². The third kappa shape index (κ3) is 7.46. The van der Waals surface area contributed by atoms with Gasteiger partial charge in [-0.1, -0.05) is 41.5 Å². The van der Waals surface area contributed by atoms with Crippen LogP contribution in [0.15, 0.2) is 24.3 Å². The Morgan fingerprint density at radius 2 is 1.35 bits per heavy atom. The van der Waals surface area contributed by atoms with Crippen LogP contribution in [-0.2, 0) is 30.4 Å². The zero-order chi connectivity index (χ0) is 33.4. The SMILES string of the molecule is CCOC(=O)c1cc2nc3c(cc2[nH]1)CC(C(C)(C)C)CC3.C[C@@H](CO)NC(=O)c1cc2nc3c(cc2[nH]1)CC(C(C)(C)C)CC3. The molecule has 2 unspecified atom stereocenters. The highest BCUT2D eigenvalue weighted by atomic mass is 16.5. The van der Waals surface area contributed by atoms with Gasteiger partial charge in [0, 0.05) is 17.4 Å². The Morgan fingerprint density at radius 1 is 0.870 bits per heavy atom. The van der Waals surface area contributed by atoms with Crippen molar-refractivity contribution in [1.29, 1.82) is 0 Å². The maximum absolute atomic E-state index is 12.2.